The molecule has 0 aliphatic carbocycles. The van der Waals surface area contributed by atoms with Crippen LogP contribution in [0.15, 0.2) is 35.1 Å². The fourth-order valence-electron chi connectivity index (χ4n) is 2.52. The maximum absolute atomic E-state index is 13.5. The van der Waals surface area contributed by atoms with Crippen LogP contribution < -0.4 is 10.3 Å². The monoisotopic (exact) mass is 403 g/mol. The number of halogens is 5. The normalized spacial score (nSPS) is 12.0. The van der Waals surface area contributed by atoms with Crippen LogP contribution in [0.4, 0.5) is 22.0 Å². The summed E-state index contributed by atoms with van der Waals surface area (Å²) in [7, 11) is 1.37. The van der Waals surface area contributed by atoms with Gasteiger partial charge in [-0.15, -0.1) is 0 Å². The van der Waals surface area contributed by atoms with Gasteiger partial charge in [0, 0.05) is 12.6 Å². The van der Waals surface area contributed by atoms with Gasteiger partial charge in [-0.3, -0.25) is 9.78 Å². The van der Waals surface area contributed by atoms with Gasteiger partial charge in [0.2, 0.25) is 0 Å². The zero-order valence-corrected chi connectivity index (χ0v) is 14.3. The Morgan fingerprint density at radius 1 is 1.22 bits per heavy atom. The molecule has 5 nitrogen and oxygen atoms in total. The van der Waals surface area contributed by atoms with Crippen molar-refractivity contribution < 1.29 is 26.7 Å². The number of aromatic amines is 1. The molecule has 1 aromatic carbocycles. The maximum Gasteiger partial charge on any atom is 0.417 e. The van der Waals surface area contributed by atoms with Crippen LogP contribution in [0, 0.1) is 4.77 Å². The van der Waals surface area contributed by atoms with Crippen LogP contribution >= 0.6 is 12.2 Å². The third-order valence-electron chi connectivity index (χ3n) is 3.75. The molecule has 11 heteroatoms. The molecule has 0 fully saturated rings. The highest BCUT2D eigenvalue weighted by atomic mass is 32.1. The van der Waals surface area contributed by atoms with E-state index in [1.165, 1.54) is 31.3 Å². The molecule has 1 N–H and O–H groups in total. The molecule has 3 aromatic rings. The van der Waals surface area contributed by atoms with Crippen molar-refractivity contribution in [2.45, 2.75) is 12.8 Å². The molecule has 0 aliphatic heterocycles. The highest BCUT2D eigenvalue weighted by Crippen LogP contribution is 2.35. The third kappa shape index (κ3) is 3.68. The lowest BCUT2D eigenvalue weighted by atomic mass is 10.1. The first-order valence-electron chi connectivity index (χ1n) is 7.34. The second-order valence-electron chi connectivity index (χ2n) is 5.47. The summed E-state index contributed by atoms with van der Waals surface area (Å²) in [5, 5.41) is -0.639. The lowest BCUT2D eigenvalue weighted by Gasteiger charge is -2.14. The van der Waals surface area contributed by atoms with E-state index >= 15 is 0 Å². The molecule has 0 amide bonds. The van der Waals surface area contributed by atoms with E-state index < -0.39 is 29.3 Å². The molecular weight excluding hydrogens is 393 g/mol. The van der Waals surface area contributed by atoms with Crippen molar-refractivity contribution >= 4 is 23.3 Å². The first kappa shape index (κ1) is 19.0. The Balaban J connectivity index is 2.27. The van der Waals surface area contributed by atoms with Gasteiger partial charge >= 0.3 is 12.8 Å². The molecule has 3 rings (SSSR count). The summed E-state index contributed by atoms with van der Waals surface area (Å²) in [6, 6.07) is 5.65. The van der Waals surface area contributed by atoms with Crippen LogP contribution in [-0.2, 0) is 13.2 Å². The molecule has 0 radical (unpaired) electrons. The Morgan fingerprint density at radius 3 is 2.41 bits per heavy atom. The fourth-order valence-corrected chi connectivity index (χ4v) is 2.70. The van der Waals surface area contributed by atoms with Crippen molar-refractivity contribution in [2.75, 3.05) is 0 Å². The SMILES string of the molecule is Cn1c(=S)[nH]c(=O)c2c(C(F)(F)F)cc(-c3ccc(OC(F)F)cc3)nc21. The minimum absolute atomic E-state index is 0.0917. The van der Waals surface area contributed by atoms with E-state index in [-0.39, 0.29) is 27.4 Å². The maximum atomic E-state index is 13.5. The fraction of sp³-hybridized carbons (Fsp3) is 0.188. The van der Waals surface area contributed by atoms with Crippen molar-refractivity contribution in [1.82, 2.24) is 14.5 Å². The molecular formula is C16H10F5N3O2S. The van der Waals surface area contributed by atoms with Crippen LogP contribution in [0.1, 0.15) is 5.56 Å². The van der Waals surface area contributed by atoms with E-state index in [0.29, 0.717) is 0 Å². The van der Waals surface area contributed by atoms with E-state index in [2.05, 4.69) is 14.7 Å². The number of hydrogen-bond acceptors (Lipinski definition) is 4. The van der Waals surface area contributed by atoms with Gasteiger partial charge in [-0.1, -0.05) is 0 Å². The number of hydrogen-bond donors (Lipinski definition) is 1. The van der Waals surface area contributed by atoms with Crippen LogP contribution in [0.2, 0.25) is 0 Å². The van der Waals surface area contributed by atoms with Crippen LogP contribution in [0.5, 0.6) is 5.75 Å². The van der Waals surface area contributed by atoms with E-state index in [9.17, 15) is 26.7 Å². The van der Waals surface area contributed by atoms with Gasteiger partial charge in [0.15, 0.2) is 4.77 Å². The highest BCUT2D eigenvalue weighted by molar-refractivity contribution is 7.71. The summed E-state index contributed by atoms with van der Waals surface area (Å²) >= 11 is 4.92. The van der Waals surface area contributed by atoms with Gasteiger partial charge < -0.3 is 9.30 Å². The number of fused-ring (bicyclic) bond motifs is 1. The molecule has 0 unspecified atom stereocenters. The molecule has 0 atom stereocenters. The number of aromatic nitrogens is 3. The number of ether oxygens (including phenoxy) is 1. The van der Waals surface area contributed by atoms with Gasteiger partial charge in [-0.05, 0) is 42.5 Å². The number of aryl methyl sites for hydroxylation is 1. The second-order valence-corrected chi connectivity index (χ2v) is 5.86. The Bertz CT molecular complexity index is 1120. The number of nitrogens with one attached hydrogen (secondary N) is 1. The van der Waals surface area contributed by atoms with Crippen molar-refractivity contribution in [3.05, 3.63) is 51.0 Å². The Labute approximate surface area is 153 Å². The van der Waals surface area contributed by atoms with Crippen LogP contribution in [0.3, 0.4) is 0 Å². The van der Waals surface area contributed by atoms with Crippen molar-refractivity contribution in [1.29, 1.82) is 0 Å². The summed E-state index contributed by atoms with van der Waals surface area (Å²) in [5.41, 5.74) is -2.31. The van der Waals surface area contributed by atoms with Gasteiger partial charge in [0.05, 0.1) is 16.6 Å². The molecule has 2 aromatic heterocycles. The van der Waals surface area contributed by atoms with E-state index in [4.69, 9.17) is 12.2 Å². The van der Waals surface area contributed by atoms with E-state index in [0.717, 1.165) is 10.6 Å². The average molecular weight is 403 g/mol. The quantitative estimate of drug-likeness (QED) is 0.524. The van der Waals surface area contributed by atoms with Crippen LogP contribution in [0.25, 0.3) is 22.3 Å². The van der Waals surface area contributed by atoms with Gasteiger partial charge in [-0.2, -0.15) is 22.0 Å². The van der Waals surface area contributed by atoms with E-state index in [1.54, 1.807) is 0 Å². The Kier molecular flexibility index (Phi) is 4.72. The van der Waals surface area contributed by atoms with Gasteiger partial charge in [-0.25, -0.2) is 4.98 Å². The summed E-state index contributed by atoms with van der Waals surface area (Å²) in [6.07, 6.45) is -4.82. The molecule has 0 saturated carbocycles. The van der Waals surface area contributed by atoms with Crippen molar-refractivity contribution in [3.63, 3.8) is 0 Å². The van der Waals surface area contributed by atoms with Crippen LogP contribution in [-0.4, -0.2) is 21.1 Å². The van der Waals surface area contributed by atoms with Crippen molar-refractivity contribution in [3.8, 4) is 17.0 Å². The summed E-state index contributed by atoms with van der Waals surface area (Å²) in [6.45, 7) is -3.03. The van der Waals surface area contributed by atoms with Gasteiger partial charge in [0.1, 0.15) is 11.4 Å². The first-order valence-corrected chi connectivity index (χ1v) is 7.75. The number of pyridine rings is 1. The Morgan fingerprint density at radius 2 is 1.85 bits per heavy atom. The first-order chi connectivity index (χ1) is 12.6. The summed E-state index contributed by atoms with van der Waals surface area (Å²) < 4.78 is 70.2. The highest BCUT2D eigenvalue weighted by Gasteiger charge is 2.35. The zero-order valence-electron chi connectivity index (χ0n) is 13.5. The molecule has 0 bridgehead atoms. The van der Waals surface area contributed by atoms with Gasteiger partial charge in [0.25, 0.3) is 5.56 Å². The average Bonchev–Trinajstić information content (AvgIpc) is 2.58. The smallest absolute Gasteiger partial charge is 0.417 e. The third-order valence-corrected chi connectivity index (χ3v) is 4.13. The molecule has 27 heavy (non-hydrogen) atoms. The number of nitrogens with zero attached hydrogens (tertiary/aromatic N) is 2. The lowest BCUT2D eigenvalue weighted by Crippen LogP contribution is -2.19. The number of alkyl halides is 5. The number of rotatable bonds is 3. The molecule has 0 aliphatic rings. The zero-order chi connectivity index (χ0) is 19.9. The standard InChI is InChI=1S/C16H10F5N3O2S/c1-24-12-11(13(25)23-15(24)27)9(16(19,20)21)6-10(22-12)7-2-4-8(5-3-7)26-14(17)18/h2-6,14H,1H3,(H,23,25,27). The Hall–Kier alpha value is -2.82. The predicted octanol–water partition coefficient (Wildman–Crippen LogP) is 4.28. The minimum Gasteiger partial charge on any atom is -0.435 e. The topological polar surface area (TPSA) is 59.9 Å². The van der Waals surface area contributed by atoms with E-state index in [1.807, 2.05) is 0 Å². The minimum atomic E-state index is -4.82. The predicted molar refractivity (Wildman–Crippen MR) is 89.2 cm³/mol. The summed E-state index contributed by atoms with van der Waals surface area (Å²) in [4.78, 5) is 18.3. The summed E-state index contributed by atoms with van der Waals surface area (Å²) in [5.74, 6) is -0.152. The molecule has 142 valence electrons. The van der Waals surface area contributed by atoms with Crippen molar-refractivity contribution in [2.24, 2.45) is 7.05 Å². The molecule has 2 heterocycles. The number of benzene rings is 1. The largest absolute Gasteiger partial charge is 0.435 e. The second kappa shape index (κ2) is 6.72. The molecule has 0 spiro atoms. The lowest BCUT2D eigenvalue weighted by molar-refractivity contribution is -0.136. The number of H-pyrrole nitrogens is 1. The molecule has 0 saturated heterocycles.